The number of aromatic nitrogens is 2. The molecule has 1 aromatic heterocycles. The zero-order chi connectivity index (χ0) is 18.8. The Morgan fingerprint density at radius 2 is 1.85 bits per heavy atom. The van der Waals surface area contributed by atoms with Gasteiger partial charge >= 0.3 is 0 Å². The molecule has 2 aromatic rings. The van der Waals surface area contributed by atoms with Crippen LogP contribution in [0.15, 0.2) is 36.4 Å². The van der Waals surface area contributed by atoms with Crippen molar-refractivity contribution in [2.45, 2.75) is 32.4 Å². The van der Waals surface area contributed by atoms with Crippen molar-refractivity contribution in [3.63, 3.8) is 0 Å². The van der Waals surface area contributed by atoms with Crippen LogP contribution in [0.25, 0.3) is 0 Å². The average Bonchev–Trinajstić information content (AvgIpc) is 2.66. The Balaban J connectivity index is 0.00000364. The summed E-state index contributed by atoms with van der Waals surface area (Å²) in [6.45, 7) is 5.54. The lowest BCUT2D eigenvalue weighted by Crippen LogP contribution is -2.37. The van der Waals surface area contributed by atoms with Gasteiger partial charge in [0.15, 0.2) is 5.82 Å². The topological polar surface area (TPSA) is 117 Å². The number of ether oxygens (including phenoxy) is 1. The summed E-state index contributed by atoms with van der Waals surface area (Å²) in [5, 5.41) is 24.5. The van der Waals surface area contributed by atoms with Crippen LogP contribution in [0.1, 0.15) is 18.9 Å². The van der Waals surface area contributed by atoms with Gasteiger partial charge in [0, 0.05) is 19.1 Å². The maximum absolute atomic E-state index is 10.1. The van der Waals surface area contributed by atoms with Crippen LogP contribution in [0.5, 0.6) is 5.75 Å². The average molecular weight is 397 g/mol. The lowest BCUT2D eigenvalue weighted by Gasteiger charge is -2.18. The minimum Gasteiger partial charge on any atom is -0.491 e. The van der Waals surface area contributed by atoms with Crippen LogP contribution >= 0.6 is 12.4 Å². The Bertz CT molecular complexity index is 659. The number of anilines is 2. The first-order valence-electron chi connectivity index (χ1n) is 8.72. The first kappa shape index (κ1) is 22.9. The highest BCUT2D eigenvalue weighted by Crippen LogP contribution is 2.16. The molecule has 0 aliphatic heterocycles. The summed E-state index contributed by atoms with van der Waals surface area (Å²) in [4.78, 5) is 0. The molecule has 0 bridgehead atoms. The number of hydrazine groups is 1. The van der Waals surface area contributed by atoms with Crippen molar-refractivity contribution < 1.29 is 9.84 Å². The molecule has 150 valence electrons. The molecular formula is C18H29ClN6O2. The van der Waals surface area contributed by atoms with Crippen LogP contribution in [0.4, 0.5) is 11.6 Å². The van der Waals surface area contributed by atoms with Crippen LogP contribution in [0.3, 0.4) is 0 Å². The monoisotopic (exact) mass is 396 g/mol. The number of benzene rings is 1. The summed E-state index contributed by atoms with van der Waals surface area (Å²) in [5.74, 6) is 7.27. The SMILES string of the molecule is Cc1ccccc1OCC(O)CNC(C)CCNc1ccc(NN)nn1.Cl. The summed E-state index contributed by atoms with van der Waals surface area (Å²) in [6, 6.07) is 11.6. The number of para-hydroxylation sites is 1. The summed E-state index contributed by atoms with van der Waals surface area (Å²) >= 11 is 0. The van der Waals surface area contributed by atoms with Crippen LogP contribution in [-0.4, -0.2) is 47.1 Å². The second kappa shape index (κ2) is 12.3. The molecule has 0 amide bonds. The molecule has 0 radical (unpaired) electrons. The van der Waals surface area contributed by atoms with Gasteiger partial charge in [-0.15, -0.1) is 22.6 Å². The van der Waals surface area contributed by atoms with E-state index in [1.807, 2.05) is 37.3 Å². The highest BCUT2D eigenvalue weighted by Gasteiger charge is 2.09. The lowest BCUT2D eigenvalue weighted by atomic mass is 10.2. The van der Waals surface area contributed by atoms with E-state index >= 15 is 0 Å². The van der Waals surface area contributed by atoms with Gasteiger partial charge in [-0.2, -0.15) is 0 Å². The van der Waals surface area contributed by atoms with Gasteiger partial charge in [-0.1, -0.05) is 18.2 Å². The zero-order valence-corrected chi connectivity index (χ0v) is 16.5. The summed E-state index contributed by atoms with van der Waals surface area (Å²) in [7, 11) is 0. The maximum Gasteiger partial charge on any atom is 0.162 e. The zero-order valence-electron chi connectivity index (χ0n) is 15.7. The standard InChI is InChI=1S/C18H28N6O2.ClH/c1-13-5-3-4-6-16(13)26-12-15(25)11-21-14(2)9-10-20-17-7-8-18(22-19)24-23-17;/h3-8,14-15,21,25H,9-12,19H2,1-2H3,(H,20,23)(H,22,24);1H. The number of halogens is 1. The molecule has 2 atom stereocenters. The second-order valence-corrected chi connectivity index (χ2v) is 6.20. The molecule has 9 heteroatoms. The fraction of sp³-hybridized carbons (Fsp3) is 0.444. The van der Waals surface area contributed by atoms with Gasteiger partial charge in [-0.05, 0) is 44.0 Å². The van der Waals surface area contributed by atoms with E-state index in [1.165, 1.54) is 0 Å². The Labute approximate surface area is 166 Å². The summed E-state index contributed by atoms with van der Waals surface area (Å²) in [5.41, 5.74) is 3.49. The minimum atomic E-state index is -0.563. The van der Waals surface area contributed by atoms with Gasteiger partial charge in [0.1, 0.15) is 24.3 Å². The van der Waals surface area contributed by atoms with Crippen molar-refractivity contribution in [2.24, 2.45) is 5.84 Å². The van der Waals surface area contributed by atoms with Crippen molar-refractivity contribution in [1.29, 1.82) is 0 Å². The van der Waals surface area contributed by atoms with Crippen LogP contribution in [-0.2, 0) is 0 Å². The number of hydrogen-bond acceptors (Lipinski definition) is 8. The van der Waals surface area contributed by atoms with E-state index in [-0.39, 0.29) is 25.1 Å². The summed E-state index contributed by atoms with van der Waals surface area (Å²) < 4.78 is 5.66. The number of aliphatic hydroxyl groups excluding tert-OH is 1. The molecular weight excluding hydrogens is 368 g/mol. The van der Waals surface area contributed by atoms with Gasteiger partial charge in [0.25, 0.3) is 0 Å². The van der Waals surface area contributed by atoms with E-state index in [9.17, 15) is 5.11 Å². The number of nitrogens with one attached hydrogen (secondary N) is 3. The third kappa shape index (κ3) is 8.40. The smallest absolute Gasteiger partial charge is 0.162 e. The van der Waals surface area contributed by atoms with Crippen molar-refractivity contribution in [2.75, 3.05) is 30.4 Å². The van der Waals surface area contributed by atoms with Gasteiger partial charge < -0.3 is 25.9 Å². The normalized spacial score (nSPS) is 12.6. The number of aryl methyl sites for hydroxylation is 1. The van der Waals surface area contributed by atoms with Gasteiger partial charge in [0.05, 0.1) is 0 Å². The predicted molar refractivity (Wildman–Crippen MR) is 110 cm³/mol. The molecule has 0 aliphatic rings. The van der Waals surface area contributed by atoms with Gasteiger partial charge in [0.2, 0.25) is 0 Å². The van der Waals surface area contributed by atoms with Crippen molar-refractivity contribution >= 4 is 24.0 Å². The van der Waals surface area contributed by atoms with E-state index in [2.05, 4.69) is 33.2 Å². The van der Waals surface area contributed by atoms with E-state index in [4.69, 9.17) is 10.6 Å². The lowest BCUT2D eigenvalue weighted by molar-refractivity contribution is 0.103. The Hall–Kier alpha value is -2.13. The van der Waals surface area contributed by atoms with Crippen LogP contribution in [0, 0.1) is 6.92 Å². The fourth-order valence-corrected chi connectivity index (χ4v) is 2.32. The fourth-order valence-electron chi connectivity index (χ4n) is 2.32. The number of aliphatic hydroxyl groups is 1. The largest absolute Gasteiger partial charge is 0.491 e. The molecule has 0 fully saturated rings. The summed E-state index contributed by atoms with van der Waals surface area (Å²) in [6.07, 6.45) is 0.316. The molecule has 0 saturated carbocycles. The van der Waals surface area contributed by atoms with E-state index in [1.54, 1.807) is 6.07 Å². The maximum atomic E-state index is 10.1. The van der Waals surface area contributed by atoms with Crippen LogP contribution < -0.4 is 26.6 Å². The Morgan fingerprint density at radius 1 is 1.15 bits per heavy atom. The highest BCUT2D eigenvalue weighted by molar-refractivity contribution is 5.85. The van der Waals surface area contributed by atoms with Crippen molar-refractivity contribution in [3.05, 3.63) is 42.0 Å². The van der Waals surface area contributed by atoms with Gasteiger partial charge in [-0.25, -0.2) is 5.84 Å². The van der Waals surface area contributed by atoms with E-state index < -0.39 is 6.10 Å². The second-order valence-electron chi connectivity index (χ2n) is 6.20. The number of nitrogen functional groups attached to an aromatic ring is 1. The molecule has 0 aliphatic carbocycles. The highest BCUT2D eigenvalue weighted by atomic mass is 35.5. The third-order valence-electron chi connectivity index (χ3n) is 3.92. The molecule has 2 rings (SSSR count). The molecule has 0 spiro atoms. The molecule has 8 nitrogen and oxygen atoms in total. The first-order valence-corrected chi connectivity index (χ1v) is 8.72. The van der Waals surface area contributed by atoms with Crippen molar-refractivity contribution in [3.8, 4) is 5.75 Å². The minimum absolute atomic E-state index is 0. The number of nitrogens with two attached hydrogens (primary N) is 1. The molecule has 1 aromatic carbocycles. The quantitative estimate of drug-likeness (QED) is 0.288. The Kier molecular flexibility index (Phi) is 10.4. The molecule has 27 heavy (non-hydrogen) atoms. The third-order valence-corrected chi connectivity index (χ3v) is 3.92. The van der Waals surface area contributed by atoms with E-state index in [0.29, 0.717) is 18.2 Å². The van der Waals surface area contributed by atoms with Crippen LogP contribution in [0.2, 0.25) is 0 Å². The number of hydrogen-bond donors (Lipinski definition) is 5. The number of nitrogens with zero attached hydrogens (tertiary/aromatic N) is 2. The first-order chi connectivity index (χ1) is 12.6. The predicted octanol–water partition coefficient (Wildman–Crippen LogP) is 1.71. The molecule has 1 heterocycles. The molecule has 2 unspecified atom stereocenters. The van der Waals surface area contributed by atoms with Gasteiger partial charge in [-0.3, -0.25) is 0 Å². The molecule has 0 saturated heterocycles. The van der Waals surface area contributed by atoms with Crippen molar-refractivity contribution in [1.82, 2.24) is 15.5 Å². The number of rotatable bonds is 11. The Morgan fingerprint density at radius 3 is 2.52 bits per heavy atom. The van der Waals surface area contributed by atoms with E-state index in [0.717, 1.165) is 24.3 Å². The molecule has 6 N–H and O–H groups in total.